The van der Waals surface area contributed by atoms with Gasteiger partial charge in [0.1, 0.15) is 0 Å². The summed E-state index contributed by atoms with van der Waals surface area (Å²) in [6.45, 7) is 2.59. The van der Waals surface area contributed by atoms with Crippen LogP contribution in [0.15, 0.2) is 54.6 Å². The monoisotopic (exact) mass is 438 g/mol. The number of morpholine rings is 1. The number of hydrogen-bond donors (Lipinski definition) is 1. The fraction of sp³-hybridized carbons (Fsp3) is 0.400. The van der Waals surface area contributed by atoms with Gasteiger partial charge in [0.05, 0.1) is 19.8 Å². The Bertz CT molecular complexity index is 894. The SMILES string of the molecule is O=C(CCCC(=O)OCCCc1ccccc1)Nc1cccc(C(=O)N2CCOCC2)c1. The Labute approximate surface area is 188 Å². The Balaban J connectivity index is 1.33. The van der Waals surface area contributed by atoms with E-state index < -0.39 is 0 Å². The Morgan fingerprint density at radius 3 is 2.50 bits per heavy atom. The van der Waals surface area contributed by atoms with Gasteiger partial charge in [-0.2, -0.15) is 0 Å². The molecule has 170 valence electrons. The largest absolute Gasteiger partial charge is 0.466 e. The number of benzene rings is 2. The zero-order chi connectivity index (χ0) is 22.6. The van der Waals surface area contributed by atoms with E-state index in [2.05, 4.69) is 17.4 Å². The number of nitrogens with zero attached hydrogens (tertiary/aromatic N) is 1. The molecule has 7 heteroatoms. The molecule has 1 aliphatic heterocycles. The third-order valence-corrected chi connectivity index (χ3v) is 5.19. The molecule has 1 saturated heterocycles. The molecule has 0 radical (unpaired) electrons. The van der Waals surface area contributed by atoms with Gasteiger partial charge in [-0.05, 0) is 43.0 Å². The lowest BCUT2D eigenvalue weighted by molar-refractivity contribution is -0.143. The maximum atomic E-state index is 12.6. The molecule has 3 rings (SSSR count). The second-order valence-electron chi connectivity index (χ2n) is 7.70. The van der Waals surface area contributed by atoms with Crippen LogP contribution in [-0.2, 0) is 25.5 Å². The summed E-state index contributed by atoms with van der Waals surface area (Å²) in [5.74, 6) is -0.554. The Kier molecular flexibility index (Phi) is 9.25. The molecule has 0 bridgehead atoms. The van der Waals surface area contributed by atoms with Gasteiger partial charge >= 0.3 is 5.97 Å². The molecule has 1 N–H and O–H groups in total. The molecular weight excluding hydrogens is 408 g/mol. The summed E-state index contributed by atoms with van der Waals surface area (Å²) >= 11 is 0. The molecular formula is C25H30N2O5. The van der Waals surface area contributed by atoms with E-state index in [9.17, 15) is 14.4 Å². The van der Waals surface area contributed by atoms with Gasteiger partial charge in [-0.1, -0.05) is 36.4 Å². The van der Waals surface area contributed by atoms with Gasteiger partial charge in [0.2, 0.25) is 5.91 Å². The number of aryl methyl sites for hydroxylation is 1. The summed E-state index contributed by atoms with van der Waals surface area (Å²) in [6, 6.07) is 17.0. The van der Waals surface area contributed by atoms with Gasteiger partial charge in [0, 0.05) is 37.2 Å². The average molecular weight is 439 g/mol. The first kappa shape index (κ1) is 23.5. The third kappa shape index (κ3) is 7.81. The minimum Gasteiger partial charge on any atom is -0.466 e. The van der Waals surface area contributed by atoms with E-state index in [1.165, 1.54) is 5.56 Å². The minimum atomic E-state index is -0.288. The molecule has 1 heterocycles. The van der Waals surface area contributed by atoms with Crippen LogP contribution in [0.2, 0.25) is 0 Å². The van der Waals surface area contributed by atoms with Crippen molar-refractivity contribution in [1.82, 2.24) is 4.90 Å². The number of ether oxygens (including phenoxy) is 2. The molecule has 7 nitrogen and oxygen atoms in total. The van der Waals surface area contributed by atoms with Crippen molar-refractivity contribution in [3.63, 3.8) is 0 Å². The minimum absolute atomic E-state index is 0.0700. The van der Waals surface area contributed by atoms with Crippen molar-refractivity contribution in [3.05, 3.63) is 65.7 Å². The highest BCUT2D eigenvalue weighted by Gasteiger charge is 2.18. The predicted octanol–water partition coefficient (Wildman–Crippen LogP) is 3.44. The number of carbonyl (C=O) groups is 3. The highest BCUT2D eigenvalue weighted by Crippen LogP contribution is 2.14. The van der Waals surface area contributed by atoms with Crippen LogP contribution in [0.1, 0.15) is 41.6 Å². The number of hydrogen-bond acceptors (Lipinski definition) is 5. The van der Waals surface area contributed by atoms with Crippen LogP contribution < -0.4 is 5.32 Å². The lowest BCUT2D eigenvalue weighted by atomic mass is 10.1. The first-order valence-corrected chi connectivity index (χ1v) is 11.1. The average Bonchev–Trinajstić information content (AvgIpc) is 2.83. The maximum absolute atomic E-state index is 12.6. The van der Waals surface area contributed by atoms with E-state index in [0.29, 0.717) is 50.6 Å². The van der Waals surface area contributed by atoms with Crippen molar-refractivity contribution in [2.75, 3.05) is 38.2 Å². The number of anilines is 1. The quantitative estimate of drug-likeness (QED) is 0.454. The standard InChI is InChI=1S/C25H30N2O5/c28-23(12-5-13-24(29)32-16-6-9-20-7-2-1-3-8-20)26-22-11-4-10-21(19-22)25(30)27-14-17-31-18-15-27/h1-4,7-8,10-11,19H,5-6,9,12-18H2,(H,26,28). The second-order valence-corrected chi connectivity index (χ2v) is 7.70. The Morgan fingerprint density at radius 2 is 1.72 bits per heavy atom. The number of nitrogens with one attached hydrogen (secondary N) is 1. The molecule has 1 fully saturated rings. The van der Waals surface area contributed by atoms with Crippen molar-refractivity contribution < 1.29 is 23.9 Å². The van der Waals surface area contributed by atoms with Gasteiger partial charge in [-0.3, -0.25) is 14.4 Å². The Hall–Kier alpha value is -3.19. The molecule has 0 unspecified atom stereocenters. The van der Waals surface area contributed by atoms with E-state index in [0.717, 1.165) is 12.8 Å². The van der Waals surface area contributed by atoms with Gasteiger partial charge < -0.3 is 19.7 Å². The lowest BCUT2D eigenvalue weighted by Crippen LogP contribution is -2.40. The van der Waals surface area contributed by atoms with Crippen LogP contribution in [0.5, 0.6) is 0 Å². The summed E-state index contributed by atoms with van der Waals surface area (Å²) < 4.78 is 10.5. The maximum Gasteiger partial charge on any atom is 0.305 e. The highest BCUT2D eigenvalue weighted by molar-refractivity contribution is 5.97. The van der Waals surface area contributed by atoms with Crippen LogP contribution in [-0.4, -0.2) is 55.6 Å². The first-order chi connectivity index (χ1) is 15.6. The molecule has 0 aromatic heterocycles. The number of amides is 2. The second kappa shape index (κ2) is 12.6. The molecule has 0 aliphatic carbocycles. The number of rotatable bonds is 10. The van der Waals surface area contributed by atoms with E-state index in [1.807, 2.05) is 18.2 Å². The highest BCUT2D eigenvalue weighted by atomic mass is 16.5. The summed E-state index contributed by atoms with van der Waals surface area (Å²) in [5.41, 5.74) is 2.32. The fourth-order valence-electron chi connectivity index (χ4n) is 3.47. The smallest absolute Gasteiger partial charge is 0.305 e. The van der Waals surface area contributed by atoms with Crippen molar-refractivity contribution in [2.45, 2.75) is 32.1 Å². The summed E-state index contributed by atoms with van der Waals surface area (Å²) in [7, 11) is 0. The van der Waals surface area contributed by atoms with Crippen molar-refractivity contribution in [3.8, 4) is 0 Å². The van der Waals surface area contributed by atoms with Gasteiger partial charge in [-0.25, -0.2) is 0 Å². The predicted molar refractivity (Wildman–Crippen MR) is 121 cm³/mol. The molecule has 2 aromatic carbocycles. The molecule has 0 atom stereocenters. The summed E-state index contributed by atoms with van der Waals surface area (Å²) in [5, 5.41) is 2.80. The number of esters is 1. The van der Waals surface area contributed by atoms with E-state index in [4.69, 9.17) is 9.47 Å². The first-order valence-electron chi connectivity index (χ1n) is 11.1. The van der Waals surface area contributed by atoms with Crippen LogP contribution in [0.3, 0.4) is 0 Å². The third-order valence-electron chi connectivity index (χ3n) is 5.19. The molecule has 2 amide bonds. The Morgan fingerprint density at radius 1 is 0.938 bits per heavy atom. The van der Waals surface area contributed by atoms with E-state index in [-0.39, 0.29) is 30.6 Å². The topological polar surface area (TPSA) is 84.9 Å². The van der Waals surface area contributed by atoms with Gasteiger partial charge in [-0.15, -0.1) is 0 Å². The fourth-order valence-corrected chi connectivity index (χ4v) is 3.47. The molecule has 2 aromatic rings. The lowest BCUT2D eigenvalue weighted by Gasteiger charge is -2.27. The molecule has 0 saturated carbocycles. The molecule has 32 heavy (non-hydrogen) atoms. The van der Waals surface area contributed by atoms with Crippen LogP contribution >= 0.6 is 0 Å². The van der Waals surface area contributed by atoms with Crippen LogP contribution in [0.25, 0.3) is 0 Å². The van der Waals surface area contributed by atoms with Crippen LogP contribution in [0.4, 0.5) is 5.69 Å². The number of carbonyl (C=O) groups excluding carboxylic acids is 3. The normalized spacial score (nSPS) is 13.4. The van der Waals surface area contributed by atoms with Crippen molar-refractivity contribution >= 4 is 23.5 Å². The van der Waals surface area contributed by atoms with Gasteiger partial charge in [0.15, 0.2) is 0 Å². The van der Waals surface area contributed by atoms with Gasteiger partial charge in [0.25, 0.3) is 5.91 Å². The van der Waals surface area contributed by atoms with E-state index in [1.54, 1.807) is 29.2 Å². The summed E-state index contributed by atoms with van der Waals surface area (Å²) in [6.07, 6.45) is 2.46. The van der Waals surface area contributed by atoms with E-state index >= 15 is 0 Å². The van der Waals surface area contributed by atoms with Crippen molar-refractivity contribution in [2.24, 2.45) is 0 Å². The van der Waals surface area contributed by atoms with Crippen LogP contribution in [0, 0.1) is 0 Å². The summed E-state index contributed by atoms with van der Waals surface area (Å²) in [4.78, 5) is 38.4. The molecule has 1 aliphatic rings. The zero-order valence-corrected chi connectivity index (χ0v) is 18.3. The van der Waals surface area contributed by atoms with Crippen molar-refractivity contribution in [1.29, 1.82) is 0 Å². The molecule has 0 spiro atoms. The zero-order valence-electron chi connectivity index (χ0n) is 18.3.